The summed E-state index contributed by atoms with van der Waals surface area (Å²) in [5, 5.41) is 0. The molecule has 0 aliphatic rings. The van der Waals surface area contributed by atoms with Gasteiger partial charge >= 0.3 is 5.97 Å². The van der Waals surface area contributed by atoms with E-state index in [1.807, 2.05) is 0 Å². The second-order valence-corrected chi connectivity index (χ2v) is 2.31. The molecule has 1 aromatic heterocycles. The van der Waals surface area contributed by atoms with Crippen molar-refractivity contribution in [2.75, 3.05) is 6.61 Å². The maximum Gasteiger partial charge on any atom is 0.384 e. The number of nitrogens with zero attached hydrogens (tertiary/aromatic N) is 1. The Morgan fingerprint density at radius 3 is 3.14 bits per heavy atom. The minimum absolute atomic E-state index is 0.0838. The van der Waals surface area contributed by atoms with E-state index < -0.39 is 11.9 Å². The Kier molecular flexibility index (Phi) is 3.62. The molecule has 0 N–H and O–H groups in total. The third-order valence-corrected chi connectivity index (χ3v) is 1.33. The third kappa shape index (κ3) is 2.87. The quantitative estimate of drug-likeness (QED) is 0.381. The predicted octanol–water partition coefficient (Wildman–Crippen LogP) is 1.14. The largest absolute Gasteiger partial charge is 0.456 e. The van der Waals surface area contributed by atoms with E-state index in [2.05, 4.69) is 21.6 Å². The molecule has 0 aliphatic heterocycles. The number of halogens is 1. The standard InChI is InChI=1S/C10H8FNO2/c1-2-14-9(13)6-5-8-4-3-7-12-10(8)11/h3-4,7H,2H2,1H3. The zero-order valence-corrected chi connectivity index (χ0v) is 7.58. The SMILES string of the molecule is CCOC(=O)C#Cc1cccnc1F. The maximum absolute atomic E-state index is 12.9. The van der Waals surface area contributed by atoms with Gasteiger partial charge in [-0.25, -0.2) is 9.78 Å². The molecule has 14 heavy (non-hydrogen) atoms. The number of hydrogen-bond donors (Lipinski definition) is 0. The van der Waals surface area contributed by atoms with Gasteiger partial charge in [-0.3, -0.25) is 0 Å². The first-order valence-electron chi connectivity index (χ1n) is 4.03. The fourth-order valence-electron chi connectivity index (χ4n) is 0.765. The normalized spacial score (nSPS) is 8.71. The summed E-state index contributed by atoms with van der Waals surface area (Å²) in [6.07, 6.45) is 1.31. The maximum atomic E-state index is 12.9. The molecule has 1 heterocycles. The highest BCUT2D eigenvalue weighted by molar-refractivity contribution is 5.89. The van der Waals surface area contributed by atoms with E-state index in [4.69, 9.17) is 0 Å². The summed E-state index contributed by atoms with van der Waals surface area (Å²) in [5.41, 5.74) is 0.0838. The highest BCUT2D eigenvalue weighted by Gasteiger charge is 1.98. The van der Waals surface area contributed by atoms with Crippen molar-refractivity contribution in [3.05, 3.63) is 29.8 Å². The molecule has 0 aromatic carbocycles. The molecule has 0 bridgehead atoms. The molecule has 72 valence electrons. The second-order valence-electron chi connectivity index (χ2n) is 2.31. The van der Waals surface area contributed by atoms with E-state index in [0.717, 1.165) is 0 Å². The second kappa shape index (κ2) is 4.97. The molecule has 0 fully saturated rings. The number of hydrogen-bond acceptors (Lipinski definition) is 3. The summed E-state index contributed by atoms with van der Waals surface area (Å²) < 4.78 is 17.4. The zero-order chi connectivity index (χ0) is 10.4. The van der Waals surface area contributed by atoms with Crippen molar-refractivity contribution < 1.29 is 13.9 Å². The van der Waals surface area contributed by atoms with E-state index in [0.29, 0.717) is 0 Å². The number of ether oxygens (including phenoxy) is 1. The van der Waals surface area contributed by atoms with Crippen LogP contribution >= 0.6 is 0 Å². The van der Waals surface area contributed by atoms with Gasteiger partial charge in [0.25, 0.3) is 0 Å². The lowest BCUT2D eigenvalue weighted by Crippen LogP contribution is -1.99. The van der Waals surface area contributed by atoms with Crippen LogP contribution in [0.15, 0.2) is 18.3 Å². The van der Waals surface area contributed by atoms with E-state index in [1.54, 1.807) is 6.92 Å². The molecule has 0 saturated carbocycles. The molecular weight excluding hydrogens is 185 g/mol. The van der Waals surface area contributed by atoms with E-state index in [9.17, 15) is 9.18 Å². The van der Waals surface area contributed by atoms with Gasteiger partial charge in [0, 0.05) is 12.1 Å². The first kappa shape index (κ1) is 10.2. The van der Waals surface area contributed by atoms with Crippen molar-refractivity contribution in [2.45, 2.75) is 6.92 Å². The molecule has 0 amide bonds. The van der Waals surface area contributed by atoms with Crippen LogP contribution in [0.25, 0.3) is 0 Å². The Morgan fingerprint density at radius 1 is 1.71 bits per heavy atom. The van der Waals surface area contributed by atoms with E-state index in [1.165, 1.54) is 18.3 Å². The predicted molar refractivity (Wildman–Crippen MR) is 47.7 cm³/mol. The van der Waals surface area contributed by atoms with Crippen molar-refractivity contribution in [3.8, 4) is 11.8 Å². The Hall–Kier alpha value is -1.89. The highest BCUT2D eigenvalue weighted by atomic mass is 19.1. The highest BCUT2D eigenvalue weighted by Crippen LogP contribution is 1.99. The van der Waals surface area contributed by atoms with Crippen molar-refractivity contribution in [1.29, 1.82) is 0 Å². The van der Waals surface area contributed by atoms with E-state index in [-0.39, 0.29) is 12.2 Å². The summed E-state index contributed by atoms with van der Waals surface area (Å²) in [5.74, 6) is 3.12. The van der Waals surface area contributed by atoms with Gasteiger partial charge in [0.05, 0.1) is 12.2 Å². The van der Waals surface area contributed by atoms with Crippen molar-refractivity contribution in [1.82, 2.24) is 4.98 Å². The number of aromatic nitrogens is 1. The molecule has 3 nitrogen and oxygen atoms in total. The van der Waals surface area contributed by atoms with Crippen LogP contribution in [-0.4, -0.2) is 17.6 Å². The Labute approximate surface area is 80.9 Å². The molecule has 1 aromatic rings. The number of pyridine rings is 1. The minimum atomic E-state index is -0.690. The van der Waals surface area contributed by atoms with Crippen molar-refractivity contribution in [2.24, 2.45) is 0 Å². The molecule has 1 rings (SSSR count). The van der Waals surface area contributed by atoms with Crippen LogP contribution < -0.4 is 0 Å². The van der Waals surface area contributed by atoms with Crippen LogP contribution in [0.5, 0.6) is 0 Å². The van der Waals surface area contributed by atoms with E-state index >= 15 is 0 Å². The lowest BCUT2D eigenvalue weighted by atomic mass is 10.3. The van der Waals surface area contributed by atoms with Crippen LogP contribution in [0, 0.1) is 17.8 Å². The van der Waals surface area contributed by atoms with Gasteiger partial charge in [0.15, 0.2) is 0 Å². The van der Waals surface area contributed by atoms with Gasteiger partial charge < -0.3 is 4.74 Å². The third-order valence-electron chi connectivity index (χ3n) is 1.33. The molecule has 0 radical (unpaired) electrons. The molecule has 0 unspecified atom stereocenters. The van der Waals surface area contributed by atoms with Gasteiger partial charge in [0.2, 0.25) is 5.95 Å². The average Bonchev–Trinajstić information content (AvgIpc) is 2.17. The molecule has 0 atom stereocenters. The molecule has 0 aliphatic carbocycles. The summed E-state index contributed by atoms with van der Waals surface area (Å²) in [4.78, 5) is 14.2. The lowest BCUT2D eigenvalue weighted by Gasteiger charge is -1.92. The first-order valence-corrected chi connectivity index (χ1v) is 4.03. The fraction of sp³-hybridized carbons (Fsp3) is 0.200. The number of rotatable bonds is 1. The number of carbonyl (C=O) groups is 1. The van der Waals surface area contributed by atoms with Gasteiger partial charge in [-0.1, -0.05) is 5.92 Å². The topological polar surface area (TPSA) is 39.2 Å². The van der Waals surface area contributed by atoms with Crippen molar-refractivity contribution in [3.63, 3.8) is 0 Å². The Bertz CT molecular complexity index is 393. The molecule has 0 spiro atoms. The minimum Gasteiger partial charge on any atom is -0.456 e. The average molecular weight is 193 g/mol. The zero-order valence-electron chi connectivity index (χ0n) is 7.58. The molecule has 0 saturated heterocycles. The van der Waals surface area contributed by atoms with Gasteiger partial charge in [-0.2, -0.15) is 4.39 Å². The van der Waals surface area contributed by atoms with Crippen LogP contribution in [0.2, 0.25) is 0 Å². The summed E-state index contributed by atoms with van der Waals surface area (Å²) in [7, 11) is 0. The Morgan fingerprint density at radius 2 is 2.50 bits per heavy atom. The van der Waals surface area contributed by atoms with Crippen LogP contribution in [0.4, 0.5) is 4.39 Å². The number of esters is 1. The van der Waals surface area contributed by atoms with Crippen LogP contribution in [-0.2, 0) is 9.53 Å². The monoisotopic (exact) mass is 193 g/mol. The van der Waals surface area contributed by atoms with Crippen LogP contribution in [0.1, 0.15) is 12.5 Å². The fourth-order valence-corrected chi connectivity index (χ4v) is 0.765. The first-order chi connectivity index (χ1) is 6.74. The smallest absolute Gasteiger partial charge is 0.384 e. The van der Waals surface area contributed by atoms with Gasteiger partial charge in [0.1, 0.15) is 0 Å². The molecular formula is C10H8FNO2. The molecule has 4 heteroatoms. The van der Waals surface area contributed by atoms with Crippen LogP contribution in [0.3, 0.4) is 0 Å². The summed E-state index contributed by atoms with van der Waals surface area (Å²) in [6.45, 7) is 1.92. The number of carbonyl (C=O) groups excluding carboxylic acids is 1. The summed E-state index contributed by atoms with van der Waals surface area (Å²) in [6, 6.07) is 2.98. The van der Waals surface area contributed by atoms with Gasteiger partial charge in [-0.05, 0) is 19.1 Å². The van der Waals surface area contributed by atoms with Gasteiger partial charge in [-0.15, -0.1) is 0 Å². The lowest BCUT2D eigenvalue weighted by molar-refractivity contribution is -0.136. The summed E-state index contributed by atoms with van der Waals surface area (Å²) >= 11 is 0. The van der Waals surface area contributed by atoms with Crippen molar-refractivity contribution >= 4 is 5.97 Å². The Balaban J connectivity index is 2.77.